The number of benzene rings is 2. The van der Waals surface area contributed by atoms with Gasteiger partial charge in [-0.25, -0.2) is 0 Å². The lowest BCUT2D eigenvalue weighted by Crippen LogP contribution is -2.24. The molecule has 2 aromatic carbocycles. The normalized spacial score (nSPS) is 11.8. The number of amides is 1. The molecular weight excluding hydrogens is 452 g/mol. The maximum atomic E-state index is 12.4. The van der Waals surface area contributed by atoms with Gasteiger partial charge in [-0.05, 0) is 42.7 Å². The van der Waals surface area contributed by atoms with Crippen LogP contribution in [0.25, 0.3) is 0 Å². The fraction of sp³-hybridized carbons (Fsp3) is 0.400. The van der Waals surface area contributed by atoms with Crippen molar-refractivity contribution in [1.29, 1.82) is 0 Å². The molecule has 1 atom stereocenters. The summed E-state index contributed by atoms with van der Waals surface area (Å²) in [5.74, 6) is 3.34. The summed E-state index contributed by atoms with van der Waals surface area (Å²) in [5, 5.41) is 12.4. The van der Waals surface area contributed by atoms with Gasteiger partial charge in [0.2, 0.25) is 5.91 Å². The van der Waals surface area contributed by atoms with E-state index in [-0.39, 0.29) is 17.8 Å². The van der Waals surface area contributed by atoms with Crippen LogP contribution in [0.1, 0.15) is 38.3 Å². The van der Waals surface area contributed by atoms with Crippen LogP contribution in [0.5, 0.6) is 17.2 Å². The number of carbonyl (C=O) groups excluding carboxylic acids is 1. The highest BCUT2D eigenvalue weighted by molar-refractivity contribution is 7.99. The summed E-state index contributed by atoms with van der Waals surface area (Å²) in [7, 11) is 3.24. The number of para-hydroxylation sites is 2. The smallest absolute Gasteiger partial charge is 0.230 e. The van der Waals surface area contributed by atoms with Gasteiger partial charge in [0.15, 0.2) is 28.6 Å². The van der Waals surface area contributed by atoms with Gasteiger partial charge in [-0.3, -0.25) is 4.79 Å². The van der Waals surface area contributed by atoms with Gasteiger partial charge in [-0.15, -0.1) is 10.2 Å². The van der Waals surface area contributed by atoms with E-state index < -0.39 is 0 Å². The van der Waals surface area contributed by atoms with Crippen molar-refractivity contribution in [3.05, 3.63) is 59.9 Å². The SMILES string of the molecule is COc1ccc(CNC(=O)CSc2nnc(C(C)Oc3ccccc3OC)n2CC(C)C)cc1. The third-order valence-corrected chi connectivity index (χ3v) is 5.98. The van der Waals surface area contributed by atoms with E-state index in [0.29, 0.717) is 34.9 Å². The molecule has 0 aliphatic rings. The molecule has 182 valence electrons. The zero-order valence-corrected chi connectivity index (χ0v) is 21.1. The summed E-state index contributed by atoms with van der Waals surface area (Å²) in [6.45, 7) is 7.37. The predicted octanol–water partition coefficient (Wildman–Crippen LogP) is 4.50. The van der Waals surface area contributed by atoms with Crippen LogP contribution in [0.2, 0.25) is 0 Å². The topological polar surface area (TPSA) is 87.5 Å². The molecule has 0 saturated carbocycles. The average molecular weight is 485 g/mol. The molecule has 1 N–H and O–H groups in total. The number of carbonyl (C=O) groups is 1. The molecule has 1 heterocycles. The molecular formula is C25H32N4O4S. The highest BCUT2D eigenvalue weighted by atomic mass is 32.2. The molecule has 9 heteroatoms. The van der Waals surface area contributed by atoms with E-state index in [1.54, 1.807) is 14.2 Å². The van der Waals surface area contributed by atoms with Gasteiger partial charge in [-0.1, -0.05) is 49.9 Å². The third kappa shape index (κ3) is 6.90. The molecule has 0 aliphatic carbocycles. The molecule has 3 aromatic rings. The van der Waals surface area contributed by atoms with Crippen molar-refractivity contribution < 1.29 is 19.0 Å². The van der Waals surface area contributed by atoms with Gasteiger partial charge in [0, 0.05) is 13.1 Å². The van der Waals surface area contributed by atoms with E-state index in [4.69, 9.17) is 14.2 Å². The van der Waals surface area contributed by atoms with E-state index in [9.17, 15) is 4.79 Å². The summed E-state index contributed by atoms with van der Waals surface area (Å²) >= 11 is 1.37. The molecule has 1 amide bonds. The van der Waals surface area contributed by atoms with Crippen molar-refractivity contribution >= 4 is 17.7 Å². The molecule has 1 aromatic heterocycles. The van der Waals surface area contributed by atoms with Crippen molar-refractivity contribution in [3.63, 3.8) is 0 Å². The molecule has 0 radical (unpaired) electrons. The van der Waals surface area contributed by atoms with E-state index in [1.807, 2.05) is 60.0 Å². The van der Waals surface area contributed by atoms with Crippen molar-refractivity contribution in [3.8, 4) is 17.2 Å². The number of aromatic nitrogens is 3. The van der Waals surface area contributed by atoms with Crippen molar-refractivity contribution in [1.82, 2.24) is 20.1 Å². The Kier molecular flexibility index (Phi) is 9.21. The zero-order valence-electron chi connectivity index (χ0n) is 20.3. The first-order chi connectivity index (χ1) is 16.4. The number of rotatable bonds is 12. The Morgan fingerprint density at radius 2 is 1.71 bits per heavy atom. The van der Waals surface area contributed by atoms with Crippen LogP contribution in [0, 0.1) is 5.92 Å². The van der Waals surface area contributed by atoms with E-state index in [1.165, 1.54) is 11.8 Å². The number of nitrogens with zero attached hydrogens (tertiary/aromatic N) is 3. The van der Waals surface area contributed by atoms with Gasteiger partial charge in [0.1, 0.15) is 5.75 Å². The first kappa shape index (κ1) is 25.4. The summed E-state index contributed by atoms with van der Waals surface area (Å²) in [6.07, 6.45) is -0.346. The number of methoxy groups -OCH3 is 2. The van der Waals surface area contributed by atoms with Crippen molar-refractivity contribution in [2.24, 2.45) is 5.92 Å². The van der Waals surface area contributed by atoms with Gasteiger partial charge in [-0.2, -0.15) is 0 Å². The molecule has 0 bridgehead atoms. The number of nitrogens with one attached hydrogen (secondary N) is 1. The van der Waals surface area contributed by atoms with Crippen LogP contribution in [-0.2, 0) is 17.9 Å². The van der Waals surface area contributed by atoms with Gasteiger partial charge < -0.3 is 24.1 Å². The zero-order chi connectivity index (χ0) is 24.5. The molecule has 0 saturated heterocycles. The largest absolute Gasteiger partial charge is 0.497 e. The first-order valence-corrected chi connectivity index (χ1v) is 12.1. The van der Waals surface area contributed by atoms with Gasteiger partial charge in [0.25, 0.3) is 0 Å². The Balaban J connectivity index is 1.64. The second-order valence-electron chi connectivity index (χ2n) is 8.17. The highest BCUT2D eigenvalue weighted by Crippen LogP contribution is 2.31. The standard InChI is InChI=1S/C25H32N4O4S/c1-17(2)15-29-24(18(3)33-22-9-7-6-8-21(22)32-5)27-28-25(29)34-16-23(30)26-14-19-10-12-20(31-4)13-11-19/h6-13,17-18H,14-16H2,1-5H3,(H,26,30). The monoisotopic (exact) mass is 484 g/mol. The highest BCUT2D eigenvalue weighted by Gasteiger charge is 2.22. The second-order valence-corrected chi connectivity index (χ2v) is 9.11. The molecule has 0 fully saturated rings. The van der Waals surface area contributed by atoms with Crippen LogP contribution in [0.3, 0.4) is 0 Å². The Bertz CT molecular complexity index is 1070. The number of hydrogen-bond donors (Lipinski definition) is 1. The summed E-state index contributed by atoms with van der Waals surface area (Å²) in [6, 6.07) is 15.1. The van der Waals surface area contributed by atoms with Crippen molar-refractivity contribution in [2.75, 3.05) is 20.0 Å². The third-order valence-electron chi connectivity index (χ3n) is 5.01. The average Bonchev–Trinajstić information content (AvgIpc) is 3.23. The lowest BCUT2D eigenvalue weighted by atomic mass is 10.2. The molecule has 0 spiro atoms. The Morgan fingerprint density at radius 3 is 2.35 bits per heavy atom. The minimum Gasteiger partial charge on any atom is -0.497 e. The van der Waals surface area contributed by atoms with E-state index in [0.717, 1.165) is 17.9 Å². The summed E-state index contributed by atoms with van der Waals surface area (Å²) < 4.78 is 18.7. The van der Waals surface area contributed by atoms with Crippen LogP contribution in [0.15, 0.2) is 53.7 Å². The Morgan fingerprint density at radius 1 is 1.00 bits per heavy atom. The number of ether oxygens (including phenoxy) is 3. The molecule has 34 heavy (non-hydrogen) atoms. The fourth-order valence-corrected chi connectivity index (χ4v) is 4.11. The fourth-order valence-electron chi connectivity index (χ4n) is 3.33. The lowest BCUT2D eigenvalue weighted by Gasteiger charge is -2.19. The van der Waals surface area contributed by atoms with E-state index >= 15 is 0 Å². The lowest BCUT2D eigenvalue weighted by molar-refractivity contribution is -0.118. The molecule has 8 nitrogen and oxygen atoms in total. The van der Waals surface area contributed by atoms with Gasteiger partial charge >= 0.3 is 0 Å². The van der Waals surface area contributed by atoms with Crippen LogP contribution < -0.4 is 19.5 Å². The predicted molar refractivity (Wildman–Crippen MR) is 132 cm³/mol. The molecule has 1 unspecified atom stereocenters. The van der Waals surface area contributed by atoms with Gasteiger partial charge in [0.05, 0.1) is 20.0 Å². The molecule has 0 aliphatic heterocycles. The van der Waals surface area contributed by atoms with Crippen LogP contribution >= 0.6 is 11.8 Å². The maximum absolute atomic E-state index is 12.4. The second kappa shape index (κ2) is 12.3. The summed E-state index contributed by atoms with van der Waals surface area (Å²) in [5.41, 5.74) is 1.01. The Hall–Kier alpha value is -3.20. The number of thioether (sulfide) groups is 1. The number of hydrogen-bond acceptors (Lipinski definition) is 7. The van der Waals surface area contributed by atoms with Crippen LogP contribution in [0.4, 0.5) is 0 Å². The maximum Gasteiger partial charge on any atom is 0.230 e. The first-order valence-electron chi connectivity index (χ1n) is 11.2. The minimum absolute atomic E-state index is 0.0696. The van der Waals surface area contributed by atoms with Crippen LogP contribution in [-0.4, -0.2) is 40.6 Å². The van der Waals surface area contributed by atoms with E-state index in [2.05, 4.69) is 29.4 Å². The summed E-state index contributed by atoms with van der Waals surface area (Å²) in [4.78, 5) is 12.4. The quantitative estimate of drug-likeness (QED) is 0.379. The minimum atomic E-state index is -0.346. The van der Waals surface area contributed by atoms with Crippen molar-refractivity contribution in [2.45, 2.75) is 45.1 Å². The molecule has 3 rings (SSSR count). The Labute approximate surface area is 205 Å².